The molecular formula is C15H25NO2. The molecule has 0 unspecified atom stereocenters. The molecule has 2 aliphatic rings. The van der Waals surface area contributed by atoms with Gasteiger partial charge in [-0.2, -0.15) is 0 Å². The number of carbonyl (C=O) groups is 1. The Balaban J connectivity index is 1.69. The summed E-state index contributed by atoms with van der Waals surface area (Å²) >= 11 is 0. The Labute approximate surface area is 110 Å². The minimum Gasteiger partial charge on any atom is -0.377 e. The van der Waals surface area contributed by atoms with E-state index in [9.17, 15) is 4.79 Å². The van der Waals surface area contributed by atoms with Gasteiger partial charge in [-0.05, 0) is 31.6 Å². The van der Waals surface area contributed by atoms with Crippen molar-refractivity contribution in [2.75, 3.05) is 26.3 Å². The molecule has 1 amide bonds. The summed E-state index contributed by atoms with van der Waals surface area (Å²) < 4.78 is 5.50. The fourth-order valence-corrected chi connectivity index (χ4v) is 3.07. The first-order valence-corrected chi connectivity index (χ1v) is 7.28. The first-order valence-electron chi connectivity index (χ1n) is 7.28. The molecule has 0 bridgehead atoms. The molecule has 102 valence electrons. The summed E-state index contributed by atoms with van der Waals surface area (Å²) in [6.45, 7) is 6.96. The topological polar surface area (TPSA) is 29.5 Å². The monoisotopic (exact) mass is 251 g/mol. The lowest BCUT2D eigenvalue weighted by molar-refractivity contribution is -0.137. The largest absolute Gasteiger partial charge is 0.377 e. The van der Waals surface area contributed by atoms with Gasteiger partial charge in [-0.25, -0.2) is 0 Å². The van der Waals surface area contributed by atoms with Gasteiger partial charge in [0.1, 0.15) is 0 Å². The second-order valence-electron chi connectivity index (χ2n) is 5.58. The maximum absolute atomic E-state index is 12.2. The number of ether oxygens (including phenoxy) is 1. The van der Waals surface area contributed by atoms with Crippen LogP contribution in [0.25, 0.3) is 0 Å². The van der Waals surface area contributed by atoms with Crippen LogP contribution in [0.3, 0.4) is 0 Å². The highest BCUT2D eigenvalue weighted by atomic mass is 16.5. The predicted octanol–water partition coefficient (Wildman–Crippen LogP) is 2.62. The van der Waals surface area contributed by atoms with Gasteiger partial charge in [0.05, 0.1) is 6.61 Å². The zero-order valence-electron chi connectivity index (χ0n) is 11.3. The first-order chi connectivity index (χ1) is 8.81. The molecule has 2 fully saturated rings. The maximum Gasteiger partial charge on any atom is 0.225 e. The summed E-state index contributed by atoms with van der Waals surface area (Å²) in [6, 6.07) is 0. The van der Waals surface area contributed by atoms with E-state index >= 15 is 0 Å². The summed E-state index contributed by atoms with van der Waals surface area (Å²) in [5.74, 6) is 1.37. The van der Waals surface area contributed by atoms with E-state index < -0.39 is 0 Å². The van der Waals surface area contributed by atoms with Crippen molar-refractivity contribution in [1.29, 1.82) is 0 Å². The van der Waals surface area contributed by atoms with Crippen LogP contribution in [0, 0.1) is 11.8 Å². The highest BCUT2D eigenvalue weighted by Crippen LogP contribution is 2.28. The SMILES string of the molecule is C=CCOCC1CCN(C(=O)C2CCCC2)CC1. The fourth-order valence-electron chi connectivity index (χ4n) is 3.07. The lowest BCUT2D eigenvalue weighted by Crippen LogP contribution is -2.42. The molecule has 1 aliphatic carbocycles. The first kappa shape index (κ1) is 13.6. The van der Waals surface area contributed by atoms with E-state index in [4.69, 9.17) is 4.74 Å². The Morgan fingerprint density at radius 2 is 1.89 bits per heavy atom. The molecule has 18 heavy (non-hydrogen) atoms. The number of rotatable bonds is 5. The standard InChI is InChI=1S/C15H25NO2/c1-2-11-18-12-13-7-9-16(10-8-13)15(17)14-5-3-4-6-14/h2,13-14H,1,3-12H2. The number of hydrogen-bond acceptors (Lipinski definition) is 2. The number of piperidine rings is 1. The minimum absolute atomic E-state index is 0.332. The van der Waals surface area contributed by atoms with Gasteiger partial charge in [0, 0.05) is 25.6 Å². The molecule has 0 radical (unpaired) electrons. The molecular weight excluding hydrogens is 226 g/mol. The van der Waals surface area contributed by atoms with E-state index in [-0.39, 0.29) is 0 Å². The van der Waals surface area contributed by atoms with E-state index in [0.29, 0.717) is 24.3 Å². The van der Waals surface area contributed by atoms with E-state index in [1.807, 2.05) is 0 Å². The zero-order chi connectivity index (χ0) is 12.8. The van der Waals surface area contributed by atoms with Gasteiger partial charge in [0.2, 0.25) is 5.91 Å². The van der Waals surface area contributed by atoms with E-state index in [0.717, 1.165) is 45.4 Å². The van der Waals surface area contributed by atoms with Crippen LogP contribution >= 0.6 is 0 Å². The van der Waals surface area contributed by atoms with E-state index in [1.54, 1.807) is 6.08 Å². The number of hydrogen-bond donors (Lipinski definition) is 0. The van der Waals surface area contributed by atoms with Crippen molar-refractivity contribution < 1.29 is 9.53 Å². The molecule has 2 rings (SSSR count). The lowest BCUT2D eigenvalue weighted by Gasteiger charge is -2.33. The van der Waals surface area contributed by atoms with Gasteiger partial charge < -0.3 is 9.64 Å². The van der Waals surface area contributed by atoms with Crippen LogP contribution in [0.1, 0.15) is 38.5 Å². The lowest BCUT2D eigenvalue weighted by atomic mass is 9.96. The summed E-state index contributed by atoms with van der Waals surface area (Å²) in [7, 11) is 0. The molecule has 0 spiro atoms. The number of likely N-dealkylation sites (tertiary alicyclic amines) is 1. The third-order valence-corrected chi connectivity index (χ3v) is 4.22. The third-order valence-electron chi connectivity index (χ3n) is 4.22. The van der Waals surface area contributed by atoms with Gasteiger partial charge in [-0.1, -0.05) is 18.9 Å². The Kier molecular flexibility index (Phi) is 5.24. The van der Waals surface area contributed by atoms with Gasteiger partial charge in [-0.3, -0.25) is 4.79 Å². The van der Waals surface area contributed by atoms with Crippen LogP contribution in [0.15, 0.2) is 12.7 Å². The number of amides is 1. The van der Waals surface area contributed by atoms with Gasteiger partial charge in [-0.15, -0.1) is 6.58 Å². The van der Waals surface area contributed by atoms with Crippen LogP contribution in [0.5, 0.6) is 0 Å². The van der Waals surface area contributed by atoms with Crippen molar-refractivity contribution in [2.45, 2.75) is 38.5 Å². The van der Waals surface area contributed by atoms with Crippen molar-refractivity contribution in [2.24, 2.45) is 11.8 Å². The Morgan fingerprint density at radius 1 is 1.22 bits per heavy atom. The summed E-state index contributed by atoms with van der Waals surface area (Å²) in [5.41, 5.74) is 0. The fraction of sp³-hybridized carbons (Fsp3) is 0.800. The molecule has 3 nitrogen and oxygen atoms in total. The molecule has 0 aromatic carbocycles. The van der Waals surface area contributed by atoms with Gasteiger partial charge in [0.25, 0.3) is 0 Å². The van der Waals surface area contributed by atoms with Gasteiger partial charge >= 0.3 is 0 Å². The third kappa shape index (κ3) is 3.58. The van der Waals surface area contributed by atoms with Crippen LogP contribution in [-0.2, 0) is 9.53 Å². The zero-order valence-corrected chi connectivity index (χ0v) is 11.3. The maximum atomic E-state index is 12.2. The number of carbonyl (C=O) groups excluding carboxylic acids is 1. The van der Waals surface area contributed by atoms with Crippen molar-refractivity contribution in [3.8, 4) is 0 Å². The smallest absolute Gasteiger partial charge is 0.225 e. The molecule has 0 N–H and O–H groups in total. The molecule has 1 aliphatic heterocycles. The molecule has 0 aromatic rings. The quantitative estimate of drug-likeness (QED) is 0.555. The van der Waals surface area contributed by atoms with Crippen molar-refractivity contribution in [3.05, 3.63) is 12.7 Å². The molecule has 0 atom stereocenters. The molecule has 1 saturated heterocycles. The van der Waals surface area contributed by atoms with Crippen LogP contribution in [-0.4, -0.2) is 37.1 Å². The second kappa shape index (κ2) is 6.93. The van der Waals surface area contributed by atoms with Crippen LogP contribution < -0.4 is 0 Å². The summed E-state index contributed by atoms with van der Waals surface area (Å²) in [5, 5.41) is 0. The summed E-state index contributed by atoms with van der Waals surface area (Å²) in [4.78, 5) is 14.3. The van der Waals surface area contributed by atoms with E-state index in [2.05, 4.69) is 11.5 Å². The van der Waals surface area contributed by atoms with Crippen LogP contribution in [0.2, 0.25) is 0 Å². The van der Waals surface area contributed by atoms with E-state index in [1.165, 1.54) is 12.8 Å². The van der Waals surface area contributed by atoms with Gasteiger partial charge in [0.15, 0.2) is 0 Å². The normalized spacial score (nSPS) is 22.3. The molecule has 0 aromatic heterocycles. The Morgan fingerprint density at radius 3 is 2.50 bits per heavy atom. The highest BCUT2D eigenvalue weighted by Gasteiger charge is 2.29. The second-order valence-corrected chi connectivity index (χ2v) is 5.58. The average Bonchev–Trinajstić information content (AvgIpc) is 2.93. The average molecular weight is 251 g/mol. The molecule has 1 heterocycles. The van der Waals surface area contributed by atoms with Crippen molar-refractivity contribution >= 4 is 5.91 Å². The highest BCUT2D eigenvalue weighted by molar-refractivity contribution is 5.79. The molecule has 1 saturated carbocycles. The summed E-state index contributed by atoms with van der Waals surface area (Å²) in [6.07, 6.45) is 8.68. The van der Waals surface area contributed by atoms with Crippen molar-refractivity contribution in [3.63, 3.8) is 0 Å². The Bertz CT molecular complexity index is 276. The predicted molar refractivity (Wildman–Crippen MR) is 72.3 cm³/mol. The van der Waals surface area contributed by atoms with Crippen molar-refractivity contribution in [1.82, 2.24) is 4.90 Å². The minimum atomic E-state index is 0.332. The number of nitrogens with zero attached hydrogens (tertiary/aromatic N) is 1. The Hall–Kier alpha value is -0.830. The molecule has 3 heteroatoms. The van der Waals surface area contributed by atoms with Crippen LogP contribution in [0.4, 0.5) is 0 Å².